The molecular formula is C21H22FN3O2S. The van der Waals surface area contributed by atoms with E-state index in [1.54, 1.807) is 15.7 Å². The maximum absolute atomic E-state index is 13.0. The van der Waals surface area contributed by atoms with Crippen LogP contribution in [0.25, 0.3) is 4.96 Å². The fourth-order valence-corrected chi connectivity index (χ4v) is 4.92. The Morgan fingerprint density at radius 2 is 2.00 bits per heavy atom. The predicted molar refractivity (Wildman–Crippen MR) is 109 cm³/mol. The molecule has 1 atom stereocenters. The number of thiazole rings is 1. The van der Waals surface area contributed by atoms with E-state index in [1.807, 2.05) is 0 Å². The number of nitrogens with one attached hydrogen (secondary N) is 1. The van der Waals surface area contributed by atoms with E-state index in [2.05, 4.69) is 31.1 Å². The molecule has 0 unspecified atom stereocenters. The molecule has 1 aliphatic carbocycles. The second kappa shape index (κ2) is 6.81. The summed E-state index contributed by atoms with van der Waals surface area (Å²) in [5.41, 5.74) is 1.38. The van der Waals surface area contributed by atoms with Gasteiger partial charge >= 0.3 is 0 Å². The van der Waals surface area contributed by atoms with Gasteiger partial charge in [-0.1, -0.05) is 20.8 Å². The van der Waals surface area contributed by atoms with E-state index in [9.17, 15) is 14.0 Å². The highest BCUT2D eigenvalue weighted by Gasteiger charge is 2.31. The van der Waals surface area contributed by atoms with Gasteiger partial charge in [0.25, 0.3) is 11.5 Å². The van der Waals surface area contributed by atoms with E-state index in [1.165, 1.54) is 35.3 Å². The minimum Gasteiger partial charge on any atom is -0.316 e. The number of hydrogen-bond acceptors (Lipinski definition) is 4. The number of amides is 1. The fourth-order valence-electron chi connectivity index (χ4n) is 3.71. The van der Waals surface area contributed by atoms with Crippen molar-refractivity contribution in [3.63, 3.8) is 0 Å². The molecule has 0 radical (unpaired) electrons. The van der Waals surface area contributed by atoms with Crippen molar-refractivity contribution in [2.75, 3.05) is 5.32 Å². The Morgan fingerprint density at radius 3 is 2.68 bits per heavy atom. The van der Waals surface area contributed by atoms with Gasteiger partial charge < -0.3 is 5.32 Å². The Hall–Kier alpha value is -2.54. The van der Waals surface area contributed by atoms with Gasteiger partial charge in [0.1, 0.15) is 11.5 Å². The van der Waals surface area contributed by atoms with Crippen molar-refractivity contribution in [2.45, 2.75) is 40.0 Å². The Balaban J connectivity index is 1.67. The lowest BCUT2D eigenvalue weighted by Gasteiger charge is -2.33. The van der Waals surface area contributed by atoms with Gasteiger partial charge in [0, 0.05) is 16.1 Å². The first-order valence-electron chi connectivity index (χ1n) is 9.33. The van der Waals surface area contributed by atoms with Gasteiger partial charge in [-0.15, -0.1) is 11.3 Å². The second-order valence-corrected chi connectivity index (χ2v) is 9.40. The van der Waals surface area contributed by atoms with Crippen LogP contribution in [0.4, 0.5) is 10.1 Å². The highest BCUT2D eigenvalue weighted by atomic mass is 32.1. The average molecular weight is 399 g/mol. The number of rotatable bonds is 2. The molecule has 0 bridgehead atoms. The molecule has 0 saturated carbocycles. The Kier molecular flexibility index (Phi) is 4.57. The maximum Gasteiger partial charge on any atom is 0.282 e. The quantitative estimate of drug-likeness (QED) is 0.699. The second-order valence-electron chi connectivity index (χ2n) is 8.33. The lowest BCUT2D eigenvalue weighted by Crippen LogP contribution is -2.28. The molecule has 1 N–H and O–H groups in total. The third-order valence-electron chi connectivity index (χ3n) is 5.48. The van der Waals surface area contributed by atoms with E-state index in [4.69, 9.17) is 0 Å². The van der Waals surface area contributed by atoms with Crippen LogP contribution >= 0.6 is 11.3 Å². The average Bonchev–Trinajstić information content (AvgIpc) is 3.02. The molecule has 146 valence electrons. The molecule has 28 heavy (non-hydrogen) atoms. The van der Waals surface area contributed by atoms with Gasteiger partial charge in [-0.05, 0) is 54.9 Å². The van der Waals surface area contributed by atoms with E-state index in [0.29, 0.717) is 10.9 Å². The summed E-state index contributed by atoms with van der Waals surface area (Å²) in [6.45, 7) is 6.76. The number of benzene rings is 1. The van der Waals surface area contributed by atoms with Crippen molar-refractivity contribution in [2.24, 2.45) is 11.3 Å². The molecule has 4 rings (SSSR count). The predicted octanol–water partition coefficient (Wildman–Crippen LogP) is 4.30. The molecular weight excluding hydrogens is 377 g/mol. The minimum absolute atomic E-state index is 0.130. The highest BCUT2D eigenvalue weighted by Crippen LogP contribution is 2.39. The normalized spacial score (nSPS) is 16.8. The summed E-state index contributed by atoms with van der Waals surface area (Å²) in [4.78, 5) is 31.7. The molecule has 0 aliphatic heterocycles. The smallest absolute Gasteiger partial charge is 0.282 e. The van der Waals surface area contributed by atoms with Gasteiger partial charge in [0.05, 0.1) is 6.20 Å². The summed E-state index contributed by atoms with van der Waals surface area (Å²) in [6.07, 6.45) is 4.21. The van der Waals surface area contributed by atoms with Crippen molar-refractivity contribution in [3.05, 3.63) is 62.8 Å². The van der Waals surface area contributed by atoms with Gasteiger partial charge in [-0.2, -0.15) is 0 Å². The van der Waals surface area contributed by atoms with Crippen LogP contribution in [-0.2, 0) is 12.8 Å². The van der Waals surface area contributed by atoms with Crippen molar-refractivity contribution in [3.8, 4) is 0 Å². The molecule has 3 aromatic rings. The SMILES string of the molecule is CC(C)(C)[C@H]1CCc2c(sc3ncc(NC(=O)c4ccc(F)cc4)c(=O)n23)C1. The number of anilines is 1. The number of halogens is 1. The molecule has 5 nitrogen and oxygen atoms in total. The zero-order valence-corrected chi connectivity index (χ0v) is 16.9. The van der Waals surface area contributed by atoms with Crippen molar-refractivity contribution in [1.82, 2.24) is 9.38 Å². The molecule has 0 fully saturated rings. The number of fused-ring (bicyclic) bond motifs is 3. The summed E-state index contributed by atoms with van der Waals surface area (Å²) in [5, 5.41) is 2.62. The van der Waals surface area contributed by atoms with E-state index in [0.717, 1.165) is 25.0 Å². The standard InChI is InChI=1S/C21H22FN3O2S/c1-21(2,3)13-6-9-16-17(10-13)28-20-23-11-15(19(27)25(16)20)24-18(26)12-4-7-14(22)8-5-12/h4-5,7-8,11,13H,6,9-10H2,1-3H3,(H,24,26)/t13-/m0/s1. The van der Waals surface area contributed by atoms with E-state index in [-0.39, 0.29) is 22.2 Å². The van der Waals surface area contributed by atoms with Crippen LogP contribution in [-0.4, -0.2) is 15.3 Å². The monoisotopic (exact) mass is 399 g/mol. The summed E-state index contributed by atoms with van der Waals surface area (Å²) in [5.74, 6) is -0.310. The molecule has 1 amide bonds. The van der Waals surface area contributed by atoms with Crippen molar-refractivity contribution >= 4 is 27.9 Å². The lowest BCUT2D eigenvalue weighted by molar-refractivity contribution is 0.102. The van der Waals surface area contributed by atoms with E-state index < -0.39 is 11.7 Å². The number of hydrogen-bond donors (Lipinski definition) is 1. The fraction of sp³-hybridized carbons (Fsp3) is 0.381. The van der Waals surface area contributed by atoms with Crippen LogP contribution in [0, 0.1) is 17.2 Å². The summed E-state index contributed by atoms with van der Waals surface area (Å²) >= 11 is 1.56. The Morgan fingerprint density at radius 1 is 1.29 bits per heavy atom. The number of aromatic nitrogens is 2. The van der Waals surface area contributed by atoms with Gasteiger partial charge in [-0.25, -0.2) is 9.37 Å². The molecule has 2 heterocycles. The van der Waals surface area contributed by atoms with Crippen LogP contribution in [0.1, 0.15) is 48.1 Å². The topological polar surface area (TPSA) is 63.5 Å². The number of aryl methyl sites for hydroxylation is 1. The zero-order chi connectivity index (χ0) is 20.1. The van der Waals surface area contributed by atoms with Crippen LogP contribution in [0.2, 0.25) is 0 Å². The van der Waals surface area contributed by atoms with Gasteiger partial charge in [0.15, 0.2) is 4.96 Å². The van der Waals surface area contributed by atoms with Crippen molar-refractivity contribution in [1.29, 1.82) is 0 Å². The van der Waals surface area contributed by atoms with Gasteiger partial charge in [0.2, 0.25) is 0 Å². The van der Waals surface area contributed by atoms with Crippen LogP contribution in [0.5, 0.6) is 0 Å². The first kappa shape index (κ1) is 18.8. The van der Waals surface area contributed by atoms with Gasteiger partial charge in [-0.3, -0.25) is 14.0 Å². The summed E-state index contributed by atoms with van der Waals surface area (Å²) in [7, 11) is 0. The third-order valence-corrected chi connectivity index (χ3v) is 6.60. The van der Waals surface area contributed by atoms with E-state index >= 15 is 0 Å². The third kappa shape index (κ3) is 3.35. The Labute approximate surface area is 166 Å². The molecule has 0 spiro atoms. The molecule has 1 aromatic carbocycles. The molecule has 7 heteroatoms. The van der Waals surface area contributed by atoms with Crippen molar-refractivity contribution < 1.29 is 9.18 Å². The largest absolute Gasteiger partial charge is 0.316 e. The summed E-state index contributed by atoms with van der Waals surface area (Å²) < 4.78 is 14.7. The first-order chi connectivity index (χ1) is 13.2. The maximum atomic E-state index is 13.0. The van der Waals surface area contributed by atoms with Crippen LogP contribution < -0.4 is 10.9 Å². The highest BCUT2D eigenvalue weighted by molar-refractivity contribution is 7.17. The molecule has 0 saturated heterocycles. The lowest BCUT2D eigenvalue weighted by atomic mass is 9.73. The number of carbonyl (C=O) groups excluding carboxylic acids is 1. The molecule has 2 aromatic heterocycles. The zero-order valence-electron chi connectivity index (χ0n) is 16.1. The summed E-state index contributed by atoms with van der Waals surface area (Å²) in [6, 6.07) is 5.19. The minimum atomic E-state index is -0.462. The van der Waals surface area contributed by atoms with Crippen LogP contribution in [0.15, 0.2) is 35.3 Å². The molecule has 1 aliphatic rings. The van der Waals surface area contributed by atoms with Crippen LogP contribution in [0.3, 0.4) is 0 Å². The first-order valence-corrected chi connectivity index (χ1v) is 10.1. The number of carbonyl (C=O) groups is 1. The Bertz CT molecular complexity index is 1110. The number of nitrogens with zero attached hydrogens (tertiary/aromatic N) is 2.